The molecule has 5 nitrogen and oxygen atoms in total. The van der Waals surface area contributed by atoms with Crippen molar-refractivity contribution in [1.29, 1.82) is 0 Å². The maximum Gasteiger partial charge on any atom is 0.244 e. The average Bonchev–Trinajstić information content (AvgIpc) is 2.62. The lowest BCUT2D eigenvalue weighted by Gasteiger charge is -2.24. The molecule has 0 radical (unpaired) electrons. The maximum absolute atomic E-state index is 12.4. The van der Waals surface area contributed by atoms with Gasteiger partial charge in [0.25, 0.3) is 0 Å². The molecule has 0 aliphatic heterocycles. The molecule has 6 heteroatoms. The Kier molecular flexibility index (Phi) is 7.74. The van der Waals surface area contributed by atoms with Crippen LogP contribution in [0.2, 0.25) is 0 Å². The van der Waals surface area contributed by atoms with Crippen LogP contribution >= 0.6 is 12.4 Å². The highest BCUT2D eigenvalue weighted by Crippen LogP contribution is 2.27. The lowest BCUT2D eigenvalue weighted by Crippen LogP contribution is -2.49. The van der Waals surface area contributed by atoms with E-state index in [1.807, 2.05) is 48.5 Å². The zero-order chi connectivity index (χ0) is 17.6. The second-order valence-corrected chi connectivity index (χ2v) is 5.76. The molecule has 2 aromatic rings. The number of methoxy groups -OCH3 is 2. The van der Waals surface area contributed by atoms with E-state index >= 15 is 0 Å². The second kappa shape index (κ2) is 9.30. The van der Waals surface area contributed by atoms with Crippen LogP contribution in [0.3, 0.4) is 0 Å². The van der Waals surface area contributed by atoms with E-state index in [2.05, 4.69) is 5.32 Å². The molecule has 136 valence electrons. The number of amides is 1. The fourth-order valence-corrected chi connectivity index (χ4v) is 2.46. The van der Waals surface area contributed by atoms with Crippen molar-refractivity contribution in [3.63, 3.8) is 0 Å². The number of hydrogen-bond donors (Lipinski definition) is 2. The van der Waals surface area contributed by atoms with Gasteiger partial charge in [0.05, 0.1) is 14.2 Å². The zero-order valence-corrected chi connectivity index (χ0v) is 15.6. The van der Waals surface area contributed by atoms with Gasteiger partial charge in [-0.1, -0.05) is 36.4 Å². The first kappa shape index (κ1) is 20.8. The molecule has 0 fully saturated rings. The van der Waals surface area contributed by atoms with Gasteiger partial charge < -0.3 is 20.5 Å². The lowest BCUT2D eigenvalue weighted by molar-refractivity contribution is -0.126. The number of hydrogen-bond acceptors (Lipinski definition) is 4. The van der Waals surface area contributed by atoms with Crippen LogP contribution in [-0.2, 0) is 16.8 Å². The molecule has 0 aliphatic rings. The van der Waals surface area contributed by atoms with Crippen LogP contribution in [0.15, 0.2) is 48.5 Å². The van der Waals surface area contributed by atoms with Crippen LogP contribution in [-0.4, -0.2) is 26.7 Å². The van der Waals surface area contributed by atoms with Gasteiger partial charge in [-0.05, 0) is 36.6 Å². The summed E-state index contributed by atoms with van der Waals surface area (Å²) in [5.74, 6) is 1.16. The molecule has 0 bridgehead atoms. The van der Waals surface area contributed by atoms with Gasteiger partial charge in [-0.2, -0.15) is 0 Å². The van der Waals surface area contributed by atoms with E-state index in [4.69, 9.17) is 15.2 Å². The third-order valence-corrected chi connectivity index (χ3v) is 3.99. The second-order valence-electron chi connectivity index (χ2n) is 5.76. The first-order valence-electron chi connectivity index (χ1n) is 7.82. The van der Waals surface area contributed by atoms with Crippen LogP contribution in [0.25, 0.3) is 0 Å². The molecule has 0 spiro atoms. The van der Waals surface area contributed by atoms with Crippen molar-refractivity contribution in [3.8, 4) is 11.5 Å². The Morgan fingerprint density at radius 1 is 1.08 bits per heavy atom. The van der Waals surface area contributed by atoms with Crippen molar-refractivity contribution in [1.82, 2.24) is 5.32 Å². The molecule has 1 atom stereocenters. The van der Waals surface area contributed by atoms with Crippen molar-refractivity contribution in [2.24, 2.45) is 5.73 Å². The number of carbonyl (C=O) groups excluding carboxylic acids is 1. The molecule has 0 aromatic heterocycles. The van der Waals surface area contributed by atoms with Gasteiger partial charge in [-0.3, -0.25) is 4.79 Å². The molecule has 0 saturated heterocycles. The molecule has 2 aromatic carbocycles. The predicted molar refractivity (Wildman–Crippen MR) is 101 cm³/mol. The summed E-state index contributed by atoms with van der Waals surface area (Å²) in [6, 6.07) is 15.1. The molecule has 0 saturated carbocycles. The summed E-state index contributed by atoms with van der Waals surface area (Å²) in [7, 11) is 3.20. The number of halogens is 1. The summed E-state index contributed by atoms with van der Waals surface area (Å²) in [4.78, 5) is 12.4. The maximum atomic E-state index is 12.4. The minimum Gasteiger partial charge on any atom is -0.493 e. The van der Waals surface area contributed by atoms with Gasteiger partial charge in [-0.25, -0.2) is 0 Å². The Morgan fingerprint density at radius 3 is 2.32 bits per heavy atom. The molecule has 1 amide bonds. The molecule has 0 heterocycles. The van der Waals surface area contributed by atoms with Gasteiger partial charge in [0.2, 0.25) is 5.91 Å². The van der Waals surface area contributed by atoms with Crippen molar-refractivity contribution < 1.29 is 14.3 Å². The van der Waals surface area contributed by atoms with Gasteiger partial charge in [0, 0.05) is 6.54 Å². The normalized spacial score (nSPS) is 12.5. The van der Waals surface area contributed by atoms with Crippen molar-refractivity contribution in [2.75, 3.05) is 20.8 Å². The Bertz CT molecular complexity index is 690. The minimum absolute atomic E-state index is 0. The highest BCUT2D eigenvalue weighted by atomic mass is 35.5. The average molecular weight is 365 g/mol. The van der Waals surface area contributed by atoms with Gasteiger partial charge in [-0.15, -0.1) is 12.4 Å². The van der Waals surface area contributed by atoms with Crippen molar-refractivity contribution in [2.45, 2.75) is 18.9 Å². The van der Waals surface area contributed by atoms with E-state index in [0.717, 1.165) is 11.1 Å². The predicted octanol–water partition coefficient (Wildman–Crippen LogP) is 2.66. The summed E-state index contributed by atoms with van der Waals surface area (Å²) in [6.45, 7) is 2.21. The molecule has 25 heavy (non-hydrogen) atoms. The first-order valence-corrected chi connectivity index (χ1v) is 7.82. The van der Waals surface area contributed by atoms with Crippen LogP contribution in [0.5, 0.6) is 11.5 Å². The molecule has 3 N–H and O–H groups in total. The highest BCUT2D eigenvalue weighted by Gasteiger charge is 2.29. The van der Waals surface area contributed by atoms with Gasteiger partial charge in [0.1, 0.15) is 5.54 Å². The van der Waals surface area contributed by atoms with Crippen LogP contribution in [0, 0.1) is 0 Å². The fraction of sp³-hybridized carbons (Fsp3) is 0.316. The van der Waals surface area contributed by atoms with Crippen LogP contribution in [0.1, 0.15) is 18.1 Å². The number of benzene rings is 2. The first-order chi connectivity index (χ1) is 11.5. The number of nitrogens with two attached hydrogens (primary N) is 1. The quantitative estimate of drug-likeness (QED) is 0.792. The van der Waals surface area contributed by atoms with E-state index in [-0.39, 0.29) is 18.3 Å². The molecular formula is C19H25ClN2O3. The fourth-order valence-electron chi connectivity index (χ4n) is 2.46. The SMILES string of the molecule is COc1ccc(CCNC(=O)C(C)(N)c2ccccc2)cc1OC.Cl. The Hall–Kier alpha value is -2.24. The number of ether oxygens (including phenoxy) is 2. The van der Waals surface area contributed by atoms with E-state index in [1.54, 1.807) is 21.1 Å². The third-order valence-electron chi connectivity index (χ3n) is 3.99. The topological polar surface area (TPSA) is 73.6 Å². The monoisotopic (exact) mass is 364 g/mol. The summed E-state index contributed by atoms with van der Waals surface area (Å²) >= 11 is 0. The lowest BCUT2D eigenvalue weighted by atomic mass is 9.92. The zero-order valence-electron chi connectivity index (χ0n) is 14.7. The van der Waals surface area contributed by atoms with E-state index in [1.165, 1.54) is 0 Å². The van der Waals surface area contributed by atoms with E-state index in [9.17, 15) is 4.79 Å². The molecule has 1 unspecified atom stereocenters. The number of nitrogens with one attached hydrogen (secondary N) is 1. The highest BCUT2D eigenvalue weighted by molar-refractivity contribution is 5.87. The summed E-state index contributed by atoms with van der Waals surface area (Å²) in [6.07, 6.45) is 0.678. The van der Waals surface area contributed by atoms with Crippen LogP contribution < -0.4 is 20.5 Å². The smallest absolute Gasteiger partial charge is 0.244 e. The Labute approximate surface area is 154 Å². The molecule has 0 aliphatic carbocycles. The Morgan fingerprint density at radius 2 is 1.72 bits per heavy atom. The minimum atomic E-state index is -1.06. The van der Waals surface area contributed by atoms with E-state index < -0.39 is 5.54 Å². The largest absolute Gasteiger partial charge is 0.493 e. The molecular weight excluding hydrogens is 340 g/mol. The van der Waals surface area contributed by atoms with Crippen molar-refractivity contribution in [3.05, 3.63) is 59.7 Å². The standard InChI is InChI=1S/C19H24N2O3.ClH/c1-19(20,15-7-5-4-6-8-15)18(22)21-12-11-14-9-10-16(23-2)17(13-14)24-3;/h4-10,13H,11-12,20H2,1-3H3,(H,21,22);1H. The third kappa shape index (κ3) is 5.11. The molecule has 2 rings (SSSR count). The number of rotatable bonds is 7. The Balaban J connectivity index is 0.00000312. The van der Waals surface area contributed by atoms with Gasteiger partial charge in [0.15, 0.2) is 11.5 Å². The number of carbonyl (C=O) groups is 1. The summed E-state index contributed by atoms with van der Waals surface area (Å²) < 4.78 is 10.5. The van der Waals surface area contributed by atoms with Gasteiger partial charge >= 0.3 is 0 Å². The van der Waals surface area contributed by atoms with Crippen LogP contribution in [0.4, 0.5) is 0 Å². The van der Waals surface area contributed by atoms with E-state index in [0.29, 0.717) is 24.5 Å². The van der Waals surface area contributed by atoms with Crippen molar-refractivity contribution >= 4 is 18.3 Å². The summed E-state index contributed by atoms with van der Waals surface area (Å²) in [5.41, 5.74) is 6.97. The summed E-state index contributed by atoms with van der Waals surface area (Å²) in [5, 5.41) is 2.90.